The van der Waals surface area contributed by atoms with E-state index in [1.807, 2.05) is 36.6 Å². The number of carbonyl (C=O) groups excluding carboxylic acids is 2. The lowest BCUT2D eigenvalue weighted by atomic mass is 10.1. The van der Waals surface area contributed by atoms with Crippen LogP contribution in [0.15, 0.2) is 53.9 Å². The number of imide groups is 1. The van der Waals surface area contributed by atoms with Crippen molar-refractivity contribution in [3.05, 3.63) is 76.3 Å². The van der Waals surface area contributed by atoms with Gasteiger partial charge in [0.1, 0.15) is 5.01 Å². The van der Waals surface area contributed by atoms with Gasteiger partial charge in [0.05, 0.1) is 23.4 Å². The van der Waals surface area contributed by atoms with Crippen molar-refractivity contribution in [2.45, 2.75) is 13.5 Å². The van der Waals surface area contributed by atoms with E-state index >= 15 is 0 Å². The van der Waals surface area contributed by atoms with E-state index in [-0.39, 0.29) is 18.4 Å². The van der Waals surface area contributed by atoms with Crippen LogP contribution >= 0.6 is 11.3 Å². The molecule has 0 saturated carbocycles. The molecule has 24 heavy (non-hydrogen) atoms. The summed E-state index contributed by atoms with van der Waals surface area (Å²) >= 11 is 1.52. The van der Waals surface area contributed by atoms with E-state index < -0.39 is 0 Å². The number of nitrogens with zero attached hydrogens (tertiary/aromatic N) is 2. The second-order valence-corrected chi connectivity index (χ2v) is 6.61. The van der Waals surface area contributed by atoms with Crippen LogP contribution in [0.2, 0.25) is 0 Å². The van der Waals surface area contributed by atoms with Crippen LogP contribution in [0.25, 0.3) is 10.6 Å². The van der Waals surface area contributed by atoms with Gasteiger partial charge in [-0.25, -0.2) is 4.98 Å². The molecule has 0 bridgehead atoms. The van der Waals surface area contributed by atoms with Gasteiger partial charge in [-0.05, 0) is 19.1 Å². The van der Waals surface area contributed by atoms with Gasteiger partial charge in [0.15, 0.2) is 0 Å². The molecular formula is C19H14N2O2S. The first kappa shape index (κ1) is 14.8. The molecule has 1 aliphatic heterocycles. The first-order valence-corrected chi connectivity index (χ1v) is 8.48. The monoisotopic (exact) mass is 334 g/mol. The van der Waals surface area contributed by atoms with Gasteiger partial charge < -0.3 is 0 Å². The molecule has 0 aliphatic carbocycles. The quantitative estimate of drug-likeness (QED) is 0.682. The Bertz CT molecular complexity index is 909. The highest BCUT2D eigenvalue weighted by Gasteiger charge is 2.35. The lowest BCUT2D eigenvalue weighted by molar-refractivity contribution is 0.0640. The van der Waals surface area contributed by atoms with Crippen molar-refractivity contribution in [1.82, 2.24) is 9.88 Å². The molecule has 0 radical (unpaired) electrons. The smallest absolute Gasteiger partial charge is 0.261 e. The molecule has 0 unspecified atom stereocenters. The number of thiazole rings is 1. The average Bonchev–Trinajstić information content (AvgIpc) is 3.16. The second-order valence-electron chi connectivity index (χ2n) is 5.75. The van der Waals surface area contributed by atoms with Gasteiger partial charge in [-0.3, -0.25) is 14.5 Å². The number of carbonyl (C=O) groups is 2. The van der Waals surface area contributed by atoms with Crippen LogP contribution in [-0.4, -0.2) is 21.7 Å². The summed E-state index contributed by atoms with van der Waals surface area (Å²) in [4.78, 5) is 30.7. The molecule has 2 aromatic carbocycles. The molecule has 118 valence electrons. The topological polar surface area (TPSA) is 50.3 Å². The molecule has 0 spiro atoms. The van der Waals surface area contributed by atoms with Gasteiger partial charge in [0.25, 0.3) is 11.8 Å². The van der Waals surface area contributed by atoms with E-state index in [0.29, 0.717) is 11.1 Å². The fourth-order valence-corrected chi connectivity index (χ4v) is 3.57. The van der Waals surface area contributed by atoms with Crippen molar-refractivity contribution in [2.75, 3.05) is 0 Å². The van der Waals surface area contributed by atoms with Crippen molar-refractivity contribution < 1.29 is 9.59 Å². The third kappa shape index (κ3) is 2.43. The Hall–Kier alpha value is -2.79. The summed E-state index contributed by atoms with van der Waals surface area (Å²) in [5.41, 5.74) is 3.90. The van der Waals surface area contributed by atoms with Crippen molar-refractivity contribution >= 4 is 23.2 Å². The van der Waals surface area contributed by atoms with Gasteiger partial charge in [-0.1, -0.05) is 42.0 Å². The van der Waals surface area contributed by atoms with Crippen LogP contribution in [0.4, 0.5) is 0 Å². The number of rotatable bonds is 3. The van der Waals surface area contributed by atoms with E-state index in [9.17, 15) is 9.59 Å². The molecule has 1 aliphatic rings. The Balaban J connectivity index is 1.58. The third-order valence-corrected chi connectivity index (χ3v) is 4.99. The summed E-state index contributed by atoms with van der Waals surface area (Å²) in [7, 11) is 0. The molecule has 1 aromatic heterocycles. The normalized spacial score (nSPS) is 13.5. The number of fused-ring (bicyclic) bond motifs is 1. The van der Waals surface area contributed by atoms with Gasteiger partial charge in [0, 0.05) is 10.9 Å². The van der Waals surface area contributed by atoms with Crippen LogP contribution in [0.1, 0.15) is 32.0 Å². The minimum absolute atomic E-state index is 0.203. The molecule has 2 amide bonds. The third-order valence-electron chi connectivity index (χ3n) is 4.05. The standard InChI is InChI=1S/C19H14N2O2S/c1-12-6-8-13(9-7-12)17-20-14(11-24-17)10-21-18(22)15-4-2-3-5-16(15)19(21)23/h2-9,11H,10H2,1H3. The van der Waals surface area contributed by atoms with Crippen molar-refractivity contribution in [3.63, 3.8) is 0 Å². The van der Waals surface area contributed by atoms with Gasteiger partial charge in [-0.2, -0.15) is 0 Å². The lowest BCUT2D eigenvalue weighted by Gasteiger charge is -2.11. The zero-order valence-electron chi connectivity index (χ0n) is 13.0. The van der Waals surface area contributed by atoms with Crippen LogP contribution in [-0.2, 0) is 6.54 Å². The van der Waals surface area contributed by atoms with Crippen LogP contribution < -0.4 is 0 Å². The number of aryl methyl sites for hydroxylation is 1. The highest BCUT2D eigenvalue weighted by molar-refractivity contribution is 7.13. The number of aromatic nitrogens is 1. The Morgan fingerprint density at radius 1 is 0.958 bits per heavy atom. The maximum atomic E-state index is 12.4. The van der Waals surface area contributed by atoms with Crippen LogP contribution in [0.5, 0.6) is 0 Å². The van der Waals surface area contributed by atoms with Crippen LogP contribution in [0, 0.1) is 6.92 Å². The first-order valence-electron chi connectivity index (χ1n) is 7.60. The van der Waals surface area contributed by atoms with Crippen molar-refractivity contribution in [3.8, 4) is 10.6 Å². The maximum absolute atomic E-state index is 12.4. The lowest BCUT2D eigenvalue weighted by Crippen LogP contribution is -2.29. The van der Waals surface area contributed by atoms with Gasteiger partial charge >= 0.3 is 0 Å². The van der Waals surface area contributed by atoms with Gasteiger partial charge in [-0.15, -0.1) is 11.3 Å². The molecular weight excluding hydrogens is 320 g/mol. The Kier molecular flexibility index (Phi) is 3.50. The molecule has 0 saturated heterocycles. The highest BCUT2D eigenvalue weighted by atomic mass is 32.1. The summed E-state index contributed by atoms with van der Waals surface area (Å²) in [6.07, 6.45) is 0. The fourth-order valence-electron chi connectivity index (χ4n) is 2.75. The largest absolute Gasteiger partial charge is 0.269 e. The van der Waals surface area contributed by atoms with Gasteiger partial charge in [0.2, 0.25) is 0 Å². The summed E-state index contributed by atoms with van der Waals surface area (Å²) in [5.74, 6) is -0.499. The van der Waals surface area contributed by atoms with E-state index in [2.05, 4.69) is 4.98 Å². The maximum Gasteiger partial charge on any atom is 0.261 e. The Labute approximate surface area is 143 Å². The molecule has 0 N–H and O–H groups in total. The summed E-state index contributed by atoms with van der Waals surface area (Å²) < 4.78 is 0. The van der Waals surface area contributed by atoms with Crippen LogP contribution in [0.3, 0.4) is 0 Å². The van der Waals surface area contributed by atoms with E-state index in [4.69, 9.17) is 0 Å². The molecule has 0 fully saturated rings. The van der Waals surface area contributed by atoms with E-state index in [1.54, 1.807) is 24.3 Å². The number of hydrogen-bond acceptors (Lipinski definition) is 4. The number of benzene rings is 2. The number of hydrogen-bond donors (Lipinski definition) is 0. The Morgan fingerprint density at radius 2 is 1.58 bits per heavy atom. The van der Waals surface area contributed by atoms with Crippen molar-refractivity contribution in [2.24, 2.45) is 0 Å². The predicted octanol–water partition coefficient (Wildman–Crippen LogP) is 3.91. The molecule has 0 atom stereocenters. The summed E-state index contributed by atoms with van der Waals surface area (Å²) in [6.45, 7) is 2.24. The highest BCUT2D eigenvalue weighted by Crippen LogP contribution is 2.27. The second kappa shape index (κ2) is 5.69. The average molecular weight is 334 g/mol. The minimum atomic E-state index is -0.250. The predicted molar refractivity (Wildman–Crippen MR) is 92.9 cm³/mol. The minimum Gasteiger partial charge on any atom is -0.269 e. The zero-order chi connectivity index (χ0) is 16.7. The molecule has 2 heterocycles. The molecule has 4 rings (SSSR count). The SMILES string of the molecule is Cc1ccc(-c2nc(CN3C(=O)c4ccccc4C3=O)cs2)cc1. The Morgan fingerprint density at radius 3 is 2.21 bits per heavy atom. The summed E-state index contributed by atoms with van der Waals surface area (Å²) in [6, 6.07) is 15.1. The van der Waals surface area contributed by atoms with E-state index in [1.165, 1.54) is 21.8 Å². The summed E-state index contributed by atoms with van der Waals surface area (Å²) in [5, 5.41) is 2.79. The van der Waals surface area contributed by atoms with Crippen molar-refractivity contribution in [1.29, 1.82) is 0 Å². The zero-order valence-corrected chi connectivity index (χ0v) is 13.8. The molecule has 3 aromatic rings. The number of amides is 2. The fraction of sp³-hybridized carbons (Fsp3) is 0.105. The molecule has 4 nitrogen and oxygen atoms in total. The van der Waals surface area contributed by atoms with E-state index in [0.717, 1.165) is 16.3 Å². The first-order chi connectivity index (χ1) is 11.6. The molecule has 5 heteroatoms.